The average Bonchev–Trinajstić information content (AvgIpc) is 2.94. The highest BCUT2D eigenvalue weighted by Crippen LogP contribution is 2.32. The normalized spacial score (nSPS) is 14.1. The molecule has 10 heteroatoms. The van der Waals surface area contributed by atoms with E-state index < -0.39 is 30.9 Å². The van der Waals surface area contributed by atoms with Crippen molar-refractivity contribution in [1.29, 1.82) is 0 Å². The summed E-state index contributed by atoms with van der Waals surface area (Å²) < 4.78 is 65.0. The van der Waals surface area contributed by atoms with Crippen LogP contribution < -0.4 is 9.64 Å². The van der Waals surface area contributed by atoms with Gasteiger partial charge in [0, 0.05) is 11.9 Å². The van der Waals surface area contributed by atoms with E-state index in [1.54, 1.807) is 13.0 Å². The molecule has 0 radical (unpaired) electrons. The van der Waals surface area contributed by atoms with Gasteiger partial charge in [-0.1, -0.05) is 6.08 Å². The summed E-state index contributed by atoms with van der Waals surface area (Å²) in [5.74, 6) is -5.94. The fourth-order valence-electron chi connectivity index (χ4n) is 2.58. The minimum absolute atomic E-state index is 0.0642. The van der Waals surface area contributed by atoms with E-state index in [4.69, 9.17) is 14.2 Å². The minimum Gasteiger partial charge on any atom is -0.487 e. The Labute approximate surface area is 170 Å². The molecule has 162 valence electrons. The maximum absolute atomic E-state index is 13.1. The lowest BCUT2D eigenvalue weighted by atomic mass is 10.1. The summed E-state index contributed by atoms with van der Waals surface area (Å²) in [5, 5.41) is 0. The van der Waals surface area contributed by atoms with Crippen LogP contribution in [0, 0.1) is 6.92 Å². The first-order valence-corrected chi connectivity index (χ1v) is 8.56. The van der Waals surface area contributed by atoms with E-state index in [2.05, 4.69) is 0 Å². The van der Waals surface area contributed by atoms with Gasteiger partial charge in [0.05, 0.1) is 19.8 Å². The molecule has 30 heavy (non-hydrogen) atoms. The molecule has 0 atom stereocenters. The first-order valence-electron chi connectivity index (χ1n) is 8.56. The van der Waals surface area contributed by atoms with Crippen molar-refractivity contribution in [3.05, 3.63) is 59.5 Å². The molecule has 1 aliphatic heterocycles. The van der Waals surface area contributed by atoms with Gasteiger partial charge >= 0.3 is 24.3 Å². The summed E-state index contributed by atoms with van der Waals surface area (Å²) in [7, 11) is 2.31. The maximum Gasteiger partial charge on any atom is 0.355 e. The molecule has 0 saturated heterocycles. The van der Waals surface area contributed by atoms with Crippen LogP contribution in [-0.4, -0.2) is 45.1 Å². The van der Waals surface area contributed by atoms with Crippen molar-refractivity contribution >= 4 is 17.6 Å². The monoisotopic (exact) mass is 429 g/mol. The maximum atomic E-state index is 13.1. The van der Waals surface area contributed by atoms with Crippen LogP contribution >= 0.6 is 0 Å². The van der Waals surface area contributed by atoms with Gasteiger partial charge in [-0.05, 0) is 42.8 Å². The third-order valence-corrected chi connectivity index (χ3v) is 4.07. The summed E-state index contributed by atoms with van der Waals surface area (Å²) in [4.78, 5) is 25.9. The molecular formula is C20H19F4NO5. The third-order valence-electron chi connectivity index (χ3n) is 4.07. The van der Waals surface area contributed by atoms with Crippen LogP contribution in [0.4, 0.5) is 23.2 Å². The lowest BCUT2D eigenvalue weighted by molar-refractivity contribution is -0.148. The Balaban J connectivity index is 2.43. The Morgan fingerprint density at radius 2 is 1.77 bits per heavy atom. The molecule has 0 fully saturated rings. The van der Waals surface area contributed by atoms with Crippen LogP contribution in [-0.2, 0) is 19.1 Å². The molecule has 2 rings (SSSR count). The smallest absolute Gasteiger partial charge is 0.355 e. The van der Waals surface area contributed by atoms with Crippen LogP contribution in [0.25, 0.3) is 0 Å². The van der Waals surface area contributed by atoms with Crippen LogP contribution in [0.15, 0.2) is 53.9 Å². The van der Waals surface area contributed by atoms with Gasteiger partial charge < -0.3 is 19.1 Å². The van der Waals surface area contributed by atoms with E-state index in [1.807, 2.05) is 0 Å². The van der Waals surface area contributed by atoms with Gasteiger partial charge in [-0.15, -0.1) is 0 Å². The number of hydrogen-bond acceptors (Lipinski definition) is 6. The number of rotatable bonds is 7. The van der Waals surface area contributed by atoms with Crippen LogP contribution in [0.3, 0.4) is 0 Å². The highest BCUT2D eigenvalue weighted by atomic mass is 19.3. The number of benzene rings is 1. The molecule has 0 amide bonds. The molecule has 0 aliphatic carbocycles. The highest BCUT2D eigenvalue weighted by molar-refractivity contribution is 6.05. The number of carbonyl (C=O) groups excluding carboxylic acids is 2. The predicted octanol–water partition coefficient (Wildman–Crippen LogP) is 3.76. The molecule has 1 aromatic carbocycles. The first kappa shape index (κ1) is 23.0. The minimum atomic E-state index is -4.29. The van der Waals surface area contributed by atoms with Crippen molar-refractivity contribution in [1.82, 2.24) is 0 Å². The third kappa shape index (κ3) is 5.00. The summed E-state index contributed by atoms with van der Waals surface area (Å²) in [6.45, 7) is 0.100. The van der Waals surface area contributed by atoms with E-state index in [1.165, 1.54) is 41.5 Å². The van der Waals surface area contributed by atoms with E-state index >= 15 is 0 Å². The molecule has 6 nitrogen and oxygen atoms in total. The number of anilines is 1. The molecule has 1 aromatic rings. The second kappa shape index (κ2) is 9.47. The Hall–Kier alpha value is -3.30. The zero-order chi connectivity index (χ0) is 22.5. The lowest BCUT2D eigenvalue weighted by Gasteiger charge is -2.25. The summed E-state index contributed by atoms with van der Waals surface area (Å²) in [5.41, 5.74) is 0.649. The molecule has 0 bridgehead atoms. The van der Waals surface area contributed by atoms with Crippen molar-refractivity contribution in [2.75, 3.05) is 25.7 Å². The number of alkyl halides is 4. The number of esters is 2. The molecule has 0 spiro atoms. The Morgan fingerprint density at radius 3 is 2.33 bits per heavy atom. The topological polar surface area (TPSA) is 65.1 Å². The fourth-order valence-corrected chi connectivity index (χ4v) is 2.58. The second-order valence-electron chi connectivity index (χ2n) is 6.11. The van der Waals surface area contributed by atoms with Crippen LogP contribution in [0.2, 0.25) is 0 Å². The highest BCUT2D eigenvalue weighted by Gasteiger charge is 2.41. The van der Waals surface area contributed by atoms with Gasteiger partial charge in [-0.3, -0.25) is 0 Å². The predicted molar refractivity (Wildman–Crippen MR) is 99.4 cm³/mol. The molecular weight excluding hydrogens is 410 g/mol. The number of aryl methyl sites for hydroxylation is 1. The van der Waals surface area contributed by atoms with Crippen molar-refractivity contribution < 1.29 is 41.4 Å². The van der Waals surface area contributed by atoms with Crippen molar-refractivity contribution in [2.24, 2.45) is 0 Å². The molecule has 0 aromatic heterocycles. The van der Waals surface area contributed by atoms with Gasteiger partial charge in [-0.25, -0.2) is 18.4 Å². The van der Waals surface area contributed by atoms with Gasteiger partial charge in [0.15, 0.2) is 6.61 Å². The van der Waals surface area contributed by atoms with E-state index in [0.717, 1.165) is 14.2 Å². The van der Waals surface area contributed by atoms with Gasteiger partial charge in [0.1, 0.15) is 11.4 Å². The first-order chi connectivity index (χ1) is 14.1. The number of methoxy groups -OCH3 is 2. The molecule has 0 unspecified atom stereocenters. The zero-order valence-electron chi connectivity index (χ0n) is 16.3. The van der Waals surface area contributed by atoms with E-state index in [-0.39, 0.29) is 17.0 Å². The van der Waals surface area contributed by atoms with Crippen molar-refractivity contribution in [2.45, 2.75) is 19.3 Å². The number of ether oxygens (including phenoxy) is 3. The second-order valence-corrected chi connectivity index (χ2v) is 6.11. The van der Waals surface area contributed by atoms with Gasteiger partial charge in [0.2, 0.25) is 0 Å². The molecule has 0 N–H and O–H groups in total. The SMILES string of the molecule is COC(=O)C1=C(C(=O)OC)N(c2ccc(OCC(F)(F)C(F)F)cc2C)C=CC=C1. The Kier molecular flexibility index (Phi) is 7.25. The average molecular weight is 429 g/mol. The number of allylic oxidation sites excluding steroid dienone is 2. The van der Waals surface area contributed by atoms with Gasteiger partial charge in [-0.2, -0.15) is 8.78 Å². The van der Waals surface area contributed by atoms with E-state index in [9.17, 15) is 27.2 Å². The molecule has 1 aliphatic rings. The lowest BCUT2D eigenvalue weighted by Crippen LogP contribution is -2.33. The number of hydrogen-bond donors (Lipinski definition) is 0. The zero-order valence-corrected chi connectivity index (χ0v) is 16.3. The van der Waals surface area contributed by atoms with Gasteiger partial charge in [0.25, 0.3) is 0 Å². The summed E-state index contributed by atoms with van der Waals surface area (Å²) in [6.07, 6.45) is 2.11. The quantitative estimate of drug-likeness (QED) is 0.486. The number of carbonyl (C=O) groups is 2. The molecule has 1 heterocycles. The number of halogens is 4. The summed E-state index contributed by atoms with van der Waals surface area (Å²) >= 11 is 0. The van der Waals surface area contributed by atoms with Crippen LogP contribution in [0.5, 0.6) is 5.75 Å². The van der Waals surface area contributed by atoms with Crippen LogP contribution in [0.1, 0.15) is 5.56 Å². The Morgan fingerprint density at radius 1 is 1.10 bits per heavy atom. The van der Waals surface area contributed by atoms with Crippen molar-refractivity contribution in [3.63, 3.8) is 0 Å². The summed E-state index contributed by atoms with van der Waals surface area (Å²) in [6, 6.07) is 4.05. The Bertz CT molecular complexity index is 908. The van der Waals surface area contributed by atoms with E-state index in [0.29, 0.717) is 11.3 Å². The fraction of sp³-hybridized carbons (Fsp3) is 0.300. The standard InChI is InChI=1S/C20H19F4NO5/c1-12-10-13(30-11-20(23,24)19(21)22)7-8-15(12)25-9-5-4-6-14(17(26)28-2)16(25)18(27)29-3/h4-10,19H,11H2,1-3H3. The van der Waals surface area contributed by atoms with Crippen molar-refractivity contribution in [3.8, 4) is 5.75 Å². The number of nitrogens with zero attached hydrogens (tertiary/aromatic N) is 1. The largest absolute Gasteiger partial charge is 0.487 e. The molecule has 0 saturated carbocycles.